The fraction of sp³-hybridized carbons (Fsp3) is 0.424. The van der Waals surface area contributed by atoms with E-state index in [-0.39, 0.29) is 39.3 Å². The van der Waals surface area contributed by atoms with Crippen molar-refractivity contribution in [3.63, 3.8) is 0 Å². The van der Waals surface area contributed by atoms with Crippen molar-refractivity contribution < 1.29 is 42.3 Å². The number of carbonyl (C=O) groups excluding carboxylic acids is 4. The summed E-state index contributed by atoms with van der Waals surface area (Å²) in [7, 11) is 12.5. The number of fused-ring (bicyclic) bond motifs is 1. The van der Waals surface area contributed by atoms with E-state index in [1.54, 1.807) is 6.92 Å². The van der Waals surface area contributed by atoms with Gasteiger partial charge in [-0.3, -0.25) is 19.2 Å². The number of ether oxygens (including phenoxy) is 2. The number of aromatic nitrogens is 2. The van der Waals surface area contributed by atoms with Crippen LogP contribution in [0.4, 0.5) is 14.5 Å². The molecule has 262 valence electrons. The molecule has 2 fully saturated rings. The molecule has 2 saturated heterocycles. The number of benzene rings is 2. The van der Waals surface area contributed by atoms with Crippen LogP contribution in [-0.4, -0.2) is 113 Å². The first kappa shape index (κ1) is 39.8. The van der Waals surface area contributed by atoms with E-state index in [9.17, 15) is 23.2 Å². The maximum Gasteiger partial charge on any atom is 0.292 e. The van der Waals surface area contributed by atoms with E-state index in [1.165, 1.54) is 80.4 Å². The number of nitrogens with zero attached hydrogens (tertiary/aromatic N) is 4. The summed E-state index contributed by atoms with van der Waals surface area (Å²) in [5.41, 5.74) is 0.784. The molecule has 0 bridgehead atoms. The molecule has 2 aliphatic heterocycles. The summed E-state index contributed by atoms with van der Waals surface area (Å²) in [5.74, 6) is -1.33. The minimum atomic E-state index is -1.13. The maximum absolute atomic E-state index is 14.3. The zero-order valence-electron chi connectivity index (χ0n) is 28.5. The molecule has 3 aromatic rings. The molecule has 12 nitrogen and oxygen atoms in total. The third-order valence-corrected chi connectivity index (χ3v) is 7.66. The number of amides is 2. The van der Waals surface area contributed by atoms with E-state index in [2.05, 4.69) is 48.1 Å². The molecule has 5 rings (SSSR count). The highest BCUT2D eigenvalue weighted by molar-refractivity contribution is 6.33. The molecule has 2 aromatic carbocycles. The Kier molecular flexibility index (Phi) is 15.6. The maximum atomic E-state index is 14.3. The molecule has 2 N–H and O–H groups in total. The number of nitrogens with one attached hydrogen (secondary N) is 2. The van der Waals surface area contributed by atoms with Gasteiger partial charge in [-0.15, -0.1) is 0 Å². The minimum Gasteiger partial charge on any atom is -0.494 e. The second-order valence-electron chi connectivity index (χ2n) is 11.8. The number of hydrogen-bond donors (Lipinski definition) is 2. The van der Waals surface area contributed by atoms with Crippen molar-refractivity contribution in [2.75, 3.05) is 73.9 Å². The lowest BCUT2D eigenvalue weighted by molar-refractivity contribution is -0.836. The first-order valence-corrected chi connectivity index (χ1v) is 15.3. The van der Waals surface area contributed by atoms with Gasteiger partial charge >= 0.3 is 0 Å². The Morgan fingerprint density at radius 1 is 1.00 bits per heavy atom. The van der Waals surface area contributed by atoms with Crippen molar-refractivity contribution in [1.29, 1.82) is 0 Å². The van der Waals surface area contributed by atoms with Crippen LogP contribution in [0.25, 0.3) is 11.3 Å². The fourth-order valence-corrected chi connectivity index (χ4v) is 5.36. The van der Waals surface area contributed by atoms with E-state index >= 15 is 0 Å². The number of anilines is 1. The summed E-state index contributed by atoms with van der Waals surface area (Å²) in [6.07, 6.45) is 1.86. The summed E-state index contributed by atoms with van der Waals surface area (Å²) in [6, 6.07) is 7.02. The van der Waals surface area contributed by atoms with E-state index in [0.29, 0.717) is 18.4 Å². The topological polar surface area (TPSA) is 128 Å². The first-order valence-electron chi connectivity index (χ1n) is 15.0. The second-order valence-corrected chi connectivity index (χ2v) is 12.2. The number of halogens is 3. The molecule has 2 amide bonds. The van der Waals surface area contributed by atoms with Gasteiger partial charge < -0.3 is 34.1 Å². The van der Waals surface area contributed by atoms with Crippen molar-refractivity contribution in [3.05, 3.63) is 64.6 Å². The summed E-state index contributed by atoms with van der Waals surface area (Å²) in [6.45, 7) is 6.38. The lowest BCUT2D eigenvalue weighted by atomic mass is 10.0. The van der Waals surface area contributed by atoms with E-state index in [4.69, 9.17) is 21.1 Å². The van der Waals surface area contributed by atoms with E-state index < -0.39 is 17.5 Å². The fourth-order valence-electron chi connectivity index (χ4n) is 5.13. The highest BCUT2D eigenvalue weighted by Crippen LogP contribution is 2.31. The van der Waals surface area contributed by atoms with Gasteiger partial charge in [0.05, 0.1) is 52.3 Å². The minimum absolute atomic E-state index is 0.0267. The number of likely N-dealkylation sites (tertiary alicyclic amines) is 2. The van der Waals surface area contributed by atoms with Crippen LogP contribution < -0.4 is 15.0 Å². The van der Waals surface area contributed by atoms with Gasteiger partial charge in [0.25, 0.3) is 12.4 Å². The normalized spacial score (nSPS) is 16.3. The number of hydrogen-bond acceptors (Lipinski definition) is 8. The van der Waals surface area contributed by atoms with Crippen molar-refractivity contribution in [3.8, 4) is 17.0 Å². The Morgan fingerprint density at radius 3 is 2.06 bits per heavy atom. The lowest BCUT2D eigenvalue weighted by Gasteiger charge is -2.17. The summed E-state index contributed by atoms with van der Waals surface area (Å²) in [4.78, 5) is 53.1. The Balaban J connectivity index is 0.000000326. The molecule has 0 saturated carbocycles. The third-order valence-electron chi connectivity index (χ3n) is 7.33. The number of carbonyl (C=O) groups is 4. The van der Waals surface area contributed by atoms with Crippen LogP contribution in [0.15, 0.2) is 36.5 Å². The van der Waals surface area contributed by atoms with Crippen LogP contribution in [0.1, 0.15) is 27.9 Å². The largest absolute Gasteiger partial charge is 0.494 e. The van der Waals surface area contributed by atoms with Crippen LogP contribution in [0, 0.1) is 23.5 Å². The standard InChI is InChI=1S/C19H14ClF2N3O3.C9H16N2O.C3H9N.C2H4O2/c1-25-14(12-5-6-15(28-2)17(22)16(12)21)8-23-18(25)19(27)24-11-4-3-10(9-26)13(20)7-11;1-7(12)11-5-8-3-10(2)4-9(8)6-11;1-4(2)3;1-4-2-3/h3-9H,1-2H3,(H,24,27);8-9H,3-6H2,1-2H3;1-3H3;2H,1H3/p+1/t;8-,9+;;. The van der Waals surface area contributed by atoms with E-state index in [0.717, 1.165) is 24.9 Å². The molecule has 3 heterocycles. The molecule has 1 aromatic heterocycles. The smallest absolute Gasteiger partial charge is 0.292 e. The highest BCUT2D eigenvalue weighted by atomic mass is 35.5. The molecular weight excluding hydrogens is 650 g/mol. The highest BCUT2D eigenvalue weighted by Gasteiger charge is 2.39. The number of methoxy groups -OCH3 is 2. The predicted octanol–water partition coefficient (Wildman–Crippen LogP) is 2.67. The van der Waals surface area contributed by atoms with Crippen LogP contribution >= 0.6 is 11.6 Å². The van der Waals surface area contributed by atoms with Gasteiger partial charge in [0, 0.05) is 57.0 Å². The van der Waals surface area contributed by atoms with Crippen molar-refractivity contribution >= 4 is 41.9 Å². The molecule has 0 aliphatic carbocycles. The van der Waals surface area contributed by atoms with Crippen LogP contribution in [0.2, 0.25) is 5.02 Å². The second kappa shape index (κ2) is 18.8. The molecule has 0 spiro atoms. The third kappa shape index (κ3) is 10.8. The average Bonchev–Trinajstić information content (AvgIpc) is 3.71. The summed E-state index contributed by atoms with van der Waals surface area (Å²) >= 11 is 5.94. The quantitative estimate of drug-likeness (QED) is 0.378. The van der Waals surface area contributed by atoms with Gasteiger partial charge in [0.2, 0.25) is 11.7 Å². The summed E-state index contributed by atoms with van der Waals surface area (Å²) < 4.78 is 38.3. The van der Waals surface area contributed by atoms with Gasteiger partial charge in [-0.2, -0.15) is 4.39 Å². The van der Waals surface area contributed by atoms with Gasteiger partial charge in [0.15, 0.2) is 23.7 Å². The molecule has 15 heteroatoms. The van der Waals surface area contributed by atoms with Crippen LogP contribution in [-0.2, 0) is 21.4 Å². The zero-order valence-corrected chi connectivity index (χ0v) is 29.2. The molecule has 2 atom stereocenters. The van der Waals surface area contributed by atoms with Gasteiger partial charge in [-0.1, -0.05) is 11.6 Å². The SMILES string of the molecule is CC(=O)N1C[C@H]2CN(C)C[C@H]2C1.COC=O.COc1ccc(-c2cnc(C(=O)Nc3ccc(C=O)c(Cl)c3)n2C)c(F)c1F.C[NH+](C)C. The number of rotatable bonds is 6. The molecular formula is C33H44ClF2N6O6+. The van der Waals surface area contributed by atoms with Gasteiger partial charge in [-0.05, 0) is 49.2 Å². The Morgan fingerprint density at radius 2 is 1.58 bits per heavy atom. The number of quaternary nitrogens is 1. The monoisotopic (exact) mass is 693 g/mol. The van der Waals surface area contributed by atoms with Gasteiger partial charge in [-0.25, -0.2) is 9.37 Å². The number of aldehydes is 1. The molecule has 2 aliphatic rings. The van der Waals surface area contributed by atoms with Gasteiger partial charge in [0.1, 0.15) is 0 Å². The number of imidazole rings is 1. The Hall–Kier alpha value is -4.40. The van der Waals surface area contributed by atoms with Crippen molar-refractivity contribution in [2.45, 2.75) is 6.92 Å². The van der Waals surface area contributed by atoms with E-state index in [1.807, 2.05) is 4.90 Å². The van der Waals surface area contributed by atoms with Crippen LogP contribution in [0.3, 0.4) is 0 Å². The lowest BCUT2D eigenvalue weighted by Crippen LogP contribution is -3.02. The van der Waals surface area contributed by atoms with Crippen LogP contribution in [0.5, 0.6) is 5.75 Å². The first-order chi connectivity index (χ1) is 22.7. The predicted molar refractivity (Wildman–Crippen MR) is 178 cm³/mol. The van der Waals surface area contributed by atoms with Crippen molar-refractivity contribution in [1.82, 2.24) is 19.4 Å². The molecule has 0 unspecified atom stereocenters. The Bertz CT molecular complexity index is 1550. The zero-order chi connectivity index (χ0) is 36.1. The molecule has 48 heavy (non-hydrogen) atoms. The average molecular weight is 694 g/mol. The Labute approximate surface area is 284 Å². The van der Waals surface area contributed by atoms with Crippen molar-refractivity contribution in [2.24, 2.45) is 18.9 Å². The molecule has 0 radical (unpaired) electrons. The summed E-state index contributed by atoms with van der Waals surface area (Å²) in [5, 5.41) is 2.77.